The molecule has 0 amide bonds. The van der Waals surface area contributed by atoms with E-state index in [9.17, 15) is 0 Å². The lowest BCUT2D eigenvalue weighted by Crippen LogP contribution is -1.98. The van der Waals surface area contributed by atoms with E-state index < -0.39 is 0 Å². The number of aromatic nitrogens is 4. The van der Waals surface area contributed by atoms with Gasteiger partial charge in [-0.1, -0.05) is 0 Å². The average Bonchev–Trinajstić information content (AvgIpc) is 3.26. The summed E-state index contributed by atoms with van der Waals surface area (Å²) in [4.78, 5) is 8.47. The monoisotopic (exact) mass is 385 g/mol. The van der Waals surface area contributed by atoms with Crippen molar-refractivity contribution in [2.45, 2.75) is 0 Å². The highest BCUT2D eigenvalue weighted by Crippen LogP contribution is 2.35. The third kappa shape index (κ3) is 2.50. The fourth-order valence-electron chi connectivity index (χ4n) is 2.45. The van der Waals surface area contributed by atoms with E-state index in [-0.39, 0.29) is 0 Å². The Hall–Kier alpha value is -2.87. The fourth-order valence-corrected chi connectivity index (χ4v) is 2.91. The Balaban J connectivity index is 1.80. The summed E-state index contributed by atoms with van der Waals surface area (Å²) in [5.41, 5.74) is 2.33. The summed E-state index contributed by atoms with van der Waals surface area (Å²) in [5, 5.41) is 11.0. The molecular formula is C16H12BrN5O2. The van der Waals surface area contributed by atoms with Crippen molar-refractivity contribution < 1.29 is 9.15 Å². The Labute approximate surface area is 145 Å². The Morgan fingerprint density at radius 2 is 2.17 bits per heavy atom. The second-order valence-electron chi connectivity index (χ2n) is 4.98. The number of benzene rings is 1. The largest absolute Gasteiger partial charge is 0.495 e. The van der Waals surface area contributed by atoms with Crippen LogP contribution in [0.15, 0.2) is 51.9 Å². The first-order valence-corrected chi connectivity index (χ1v) is 7.89. The Bertz CT molecular complexity index is 997. The van der Waals surface area contributed by atoms with Gasteiger partial charge in [-0.3, -0.25) is 5.10 Å². The van der Waals surface area contributed by atoms with Crippen molar-refractivity contribution in [3.63, 3.8) is 0 Å². The molecule has 0 bridgehead atoms. The van der Waals surface area contributed by atoms with Crippen LogP contribution < -0.4 is 10.1 Å². The zero-order valence-corrected chi connectivity index (χ0v) is 14.2. The molecule has 1 aromatic carbocycles. The van der Waals surface area contributed by atoms with Gasteiger partial charge in [-0.05, 0) is 46.3 Å². The summed E-state index contributed by atoms with van der Waals surface area (Å²) in [6.45, 7) is 0. The third-order valence-electron chi connectivity index (χ3n) is 3.57. The van der Waals surface area contributed by atoms with Gasteiger partial charge in [-0.15, -0.1) is 0 Å². The van der Waals surface area contributed by atoms with Crippen LogP contribution in [0.2, 0.25) is 0 Å². The number of H-pyrrole nitrogens is 1. The van der Waals surface area contributed by atoms with E-state index in [4.69, 9.17) is 9.15 Å². The molecule has 2 N–H and O–H groups in total. The van der Waals surface area contributed by atoms with Gasteiger partial charge >= 0.3 is 0 Å². The highest BCUT2D eigenvalue weighted by molar-refractivity contribution is 9.10. The maximum Gasteiger partial charge on any atom is 0.161 e. The van der Waals surface area contributed by atoms with Crippen molar-refractivity contribution in [2.75, 3.05) is 12.4 Å². The standard InChI is InChI=1S/C16H12BrN5O2/c1-23-12-5-4-9(11-3-2-6-24-11)7-10(12)20-15-13-14(17)21-22-16(13)19-8-18-15/h2-8H,1H3,(H2,18,19,20,21,22). The summed E-state index contributed by atoms with van der Waals surface area (Å²) < 4.78 is 11.5. The first-order valence-electron chi connectivity index (χ1n) is 7.10. The number of nitrogens with zero attached hydrogens (tertiary/aromatic N) is 3. The quantitative estimate of drug-likeness (QED) is 0.548. The molecule has 24 heavy (non-hydrogen) atoms. The smallest absolute Gasteiger partial charge is 0.161 e. The minimum Gasteiger partial charge on any atom is -0.495 e. The molecule has 0 atom stereocenters. The number of anilines is 2. The van der Waals surface area contributed by atoms with Gasteiger partial charge in [0.2, 0.25) is 0 Å². The fraction of sp³-hybridized carbons (Fsp3) is 0.0625. The molecular weight excluding hydrogens is 374 g/mol. The van der Waals surface area contributed by atoms with E-state index in [2.05, 4.69) is 41.4 Å². The van der Waals surface area contributed by atoms with Crippen molar-refractivity contribution in [2.24, 2.45) is 0 Å². The number of nitrogens with one attached hydrogen (secondary N) is 2. The van der Waals surface area contributed by atoms with E-state index in [0.29, 0.717) is 21.8 Å². The highest BCUT2D eigenvalue weighted by atomic mass is 79.9. The molecule has 0 aliphatic heterocycles. The molecule has 4 rings (SSSR count). The van der Waals surface area contributed by atoms with Crippen LogP contribution in [0.4, 0.5) is 11.5 Å². The van der Waals surface area contributed by atoms with Crippen molar-refractivity contribution >= 4 is 38.5 Å². The van der Waals surface area contributed by atoms with Crippen LogP contribution >= 0.6 is 15.9 Å². The number of hydrogen-bond donors (Lipinski definition) is 2. The summed E-state index contributed by atoms with van der Waals surface area (Å²) in [6, 6.07) is 9.51. The van der Waals surface area contributed by atoms with Crippen LogP contribution in [-0.4, -0.2) is 27.3 Å². The average molecular weight is 386 g/mol. The number of fused-ring (bicyclic) bond motifs is 1. The van der Waals surface area contributed by atoms with Gasteiger partial charge in [0.05, 0.1) is 24.4 Å². The van der Waals surface area contributed by atoms with Crippen LogP contribution in [0, 0.1) is 0 Å². The van der Waals surface area contributed by atoms with Crippen LogP contribution in [0.3, 0.4) is 0 Å². The molecule has 0 fully saturated rings. The van der Waals surface area contributed by atoms with Gasteiger partial charge < -0.3 is 14.5 Å². The van der Waals surface area contributed by atoms with Crippen LogP contribution in [0.5, 0.6) is 5.75 Å². The van der Waals surface area contributed by atoms with Crippen molar-refractivity contribution in [1.29, 1.82) is 0 Å². The maximum absolute atomic E-state index is 5.46. The van der Waals surface area contributed by atoms with Crippen LogP contribution in [0.1, 0.15) is 0 Å². The van der Waals surface area contributed by atoms with E-state index in [1.165, 1.54) is 6.33 Å². The lowest BCUT2D eigenvalue weighted by Gasteiger charge is -2.12. The van der Waals surface area contributed by atoms with Gasteiger partial charge in [0.25, 0.3) is 0 Å². The zero-order chi connectivity index (χ0) is 16.5. The number of aromatic amines is 1. The summed E-state index contributed by atoms with van der Waals surface area (Å²) >= 11 is 3.40. The predicted molar refractivity (Wildman–Crippen MR) is 93.4 cm³/mol. The summed E-state index contributed by atoms with van der Waals surface area (Å²) in [7, 11) is 1.62. The molecule has 120 valence electrons. The molecule has 7 nitrogen and oxygen atoms in total. The molecule has 0 unspecified atom stereocenters. The highest BCUT2D eigenvalue weighted by Gasteiger charge is 2.14. The number of methoxy groups -OCH3 is 1. The molecule has 8 heteroatoms. The molecule has 0 spiro atoms. The Morgan fingerprint density at radius 1 is 1.25 bits per heavy atom. The summed E-state index contributed by atoms with van der Waals surface area (Å²) in [6.07, 6.45) is 3.11. The van der Waals surface area contributed by atoms with E-state index in [0.717, 1.165) is 22.4 Å². The lowest BCUT2D eigenvalue weighted by atomic mass is 10.1. The Morgan fingerprint density at radius 3 is 2.96 bits per heavy atom. The molecule has 0 saturated carbocycles. The summed E-state index contributed by atoms with van der Waals surface area (Å²) in [5.74, 6) is 2.09. The number of halogens is 1. The number of furan rings is 1. The van der Waals surface area contributed by atoms with Gasteiger partial charge in [0.15, 0.2) is 5.65 Å². The molecule has 3 aromatic heterocycles. The van der Waals surface area contributed by atoms with E-state index >= 15 is 0 Å². The number of hydrogen-bond acceptors (Lipinski definition) is 6. The molecule has 0 radical (unpaired) electrons. The SMILES string of the molecule is COc1ccc(-c2ccco2)cc1Nc1ncnc2[nH]nc(Br)c12. The lowest BCUT2D eigenvalue weighted by molar-refractivity contribution is 0.417. The van der Waals surface area contributed by atoms with E-state index in [1.807, 2.05) is 30.3 Å². The molecule has 0 aliphatic rings. The Kier molecular flexibility index (Phi) is 3.66. The van der Waals surface area contributed by atoms with Gasteiger partial charge in [-0.2, -0.15) is 5.10 Å². The van der Waals surface area contributed by atoms with Gasteiger partial charge in [0.1, 0.15) is 28.3 Å². The molecule has 0 aliphatic carbocycles. The van der Waals surface area contributed by atoms with Gasteiger partial charge in [0, 0.05) is 5.56 Å². The van der Waals surface area contributed by atoms with Gasteiger partial charge in [-0.25, -0.2) is 9.97 Å². The normalized spacial score (nSPS) is 10.9. The zero-order valence-electron chi connectivity index (χ0n) is 12.6. The first kappa shape index (κ1) is 14.7. The second kappa shape index (κ2) is 5.97. The molecule has 0 saturated heterocycles. The predicted octanol–water partition coefficient (Wildman–Crippen LogP) is 4.13. The second-order valence-corrected chi connectivity index (χ2v) is 5.73. The van der Waals surface area contributed by atoms with Crippen molar-refractivity contribution in [1.82, 2.24) is 20.2 Å². The topological polar surface area (TPSA) is 88.9 Å². The maximum atomic E-state index is 5.46. The van der Waals surface area contributed by atoms with Crippen LogP contribution in [-0.2, 0) is 0 Å². The van der Waals surface area contributed by atoms with E-state index in [1.54, 1.807) is 13.4 Å². The number of rotatable bonds is 4. The third-order valence-corrected chi connectivity index (χ3v) is 4.15. The van der Waals surface area contributed by atoms with Crippen LogP contribution in [0.25, 0.3) is 22.4 Å². The van der Waals surface area contributed by atoms with Crippen molar-refractivity contribution in [3.8, 4) is 17.1 Å². The first-order chi connectivity index (χ1) is 11.8. The minimum absolute atomic E-state index is 0.621. The van der Waals surface area contributed by atoms with Crippen molar-refractivity contribution in [3.05, 3.63) is 47.5 Å². The minimum atomic E-state index is 0.621. The number of ether oxygens (including phenoxy) is 1. The molecule has 3 heterocycles. The molecule has 4 aromatic rings.